The first-order valence-electron chi connectivity index (χ1n) is 5.14. The van der Waals surface area contributed by atoms with E-state index in [0.717, 1.165) is 12.0 Å². The summed E-state index contributed by atoms with van der Waals surface area (Å²) in [5.74, 6) is -0.413. The Kier molecular flexibility index (Phi) is 4.59. The third-order valence-corrected chi connectivity index (χ3v) is 2.22. The number of hydrogen-bond donors (Lipinski definition) is 1. The largest absolute Gasteiger partial charge is 0.375 e. The second-order valence-corrected chi connectivity index (χ2v) is 3.44. The summed E-state index contributed by atoms with van der Waals surface area (Å²) in [6.07, 6.45) is 0.741. The molecule has 92 valence electrons. The van der Waals surface area contributed by atoms with Gasteiger partial charge in [-0.15, -0.1) is 0 Å². The molecule has 0 aliphatic rings. The summed E-state index contributed by atoms with van der Waals surface area (Å²) in [5, 5.41) is 13.2. The second kappa shape index (κ2) is 5.95. The zero-order valence-corrected chi connectivity index (χ0v) is 9.73. The van der Waals surface area contributed by atoms with Gasteiger partial charge in [0.2, 0.25) is 0 Å². The fourth-order valence-electron chi connectivity index (χ4n) is 1.38. The highest BCUT2D eigenvalue weighted by molar-refractivity contribution is 5.94. The number of methoxy groups -OCH3 is 1. The minimum Gasteiger partial charge on any atom is -0.375 e. The SMILES string of the molecule is CCc1ccc([N+](=O)[O-])c(NC(=O)COC)c1. The number of amides is 1. The predicted molar refractivity (Wildman–Crippen MR) is 63.0 cm³/mol. The number of nitro groups is 1. The molecule has 1 aromatic carbocycles. The van der Waals surface area contributed by atoms with Gasteiger partial charge in [0.25, 0.3) is 11.6 Å². The summed E-state index contributed by atoms with van der Waals surface area (Å²) < 4.78 is 4.65. The Hall–Kier alpha value is -1.95. The number of nitro benzene ring substituents is 1. The minimum atomic E-state index is -0.526. The molecule has 0 fully saturated rings. The molecule has 0 radical (unpaired) electrons. The van der Waals surface area contributed by atoms with Gasteiger partial charge >= 0.3 is 0 Å². The molecule has 0 saturated carbocycles. The molecular weight excluding hydrogens is 224 g/mol. The Balaban J connectivity index is 3.00. The standard InChI is InChI=1S/C11H14N2O4/c1-3-8-4-5-10(13(15)16)9(6-8)12-11(14)7-17-2/h4-6H,3,7H2,1-2H3,(H,12,14). The van der Waals surface area contributed by atoms with Crippen molar-refractivity contribution in [2.45, 2.75) is 13.3 Å². The van der Waals surface area contributed by atoms with Gasteiger partial charge < -0.3 is 10.1 Å². The van der Waals surface area contributed by atoms with E-state index in [1.54, 1.807) is 12.1 Å². The zero-order chi connectivity index (χ0) is 12.8. The van der Waals surface area contributed by atoms with Gasteiger partial charge in [0.1, 0.15) is 12.3 Å². The van der Waals surface area contributed by atoms with Crippen LogP contribution in [0.2, 0.25) is 0 Å². The highest BCUT2D eigenvalue weighted by atomic mass is 16.6. The average Bonchev–Trinajstić information content (AvgIpc) is 2.28. The van der Waals surface area contributed by atoms with E-state index in [1.807, 2.05) is 6.92 Å². The molecule has 17 heavy (non-hydrogen) atoms. The van der Waals surface area contributed by atoms with Crippen LogP contribution < -0.4 is 5.32 Å². The van der Waals surface area contributed by atoms with Gasteiger partial charge in [-0.1, -0.05) is 13.0 Å². The highest BCUT2D eigenvalue weighted by Crippen LogP contribution is 2.25. The summed E-state index contributed by atoms with van der Waals surface area (Å²) in [6.45, 7) is 1.80. The average molecular weight is 238 g/mol. The van der Waals surface area contributed by atoms with E-state index in [0.29, 0.717) is 0 Å². The van der Waals surface area contributed by atoms with Crippen molar-refractivity contribution >= 4 is 17.3 Å². The van der Waals surface area contributed by atoms with Crippen LogP contribution in [0.4, 0.5) is 11.4 Å². The molecule has 0 atom stereocenters. The lowest BCUT2D eigenvalue weighted by Crippen LogP contribution is -2.18. The van der Waals surface area contributed by atoms with Crippen LogP contribution in [0.25, 0.3) is 0 Å². The normalized spacial score (nSPS) is 10.0. The fraction of sp³-hybridized carbons (Fsp3) is 0.364. The topological polar surface area (TPSA) is 81.5 Å². The predicted octanol–water partition coefficient (Wildman–Crippen LogP) is 1.74. The molecule has 0 heterocycles. The maximum absolute atomic E-state index is 11.3. The van der Waals surface area contributed by atoms with Crippen LogP contribution >= 0.6 is 0 Å². The summed E-state index contributed by atoms with van der Waals surface area (Å²) in [7, 11) is 1.39. The second-order valence-electron chi connectivity index (χ2n) is 3.44. The number of hydrogen-bond acceptors (Lipinski definition) is 4. The van der Waals surface area contributed by atoms with Gasteiger partial charge in [-0.2, -0.15) is 0 Å². The molecule has 6 heteroatoms. The maximum Gasteiger partial charge on any atom is 0.292 e. The van der Waals surface area contributed by atoms with E-state index in [9.17, 15) is 14.9 Å². The van der Waals surface area contributed by atoms with Gasteiger partial charge in [-0.3, -0.25) is 14.9 Å². The number of rotatable bonds is 5. The summed E-state index contributed by atoms with van der Waals surface area (Å²) in [5.41, 5.74) is 1.01. The first-order valence-corrected chi connectivity index (χ1v) is 5.14. The van der Waals surface area contributed by atoms with Crippen molar-refractivity contribution < 1.29 is 14.5 Å². The molecule has 1 N–H and O–H groups in total. The van der Waals surface area contributed by atoms with Crippen molar-refractivity contribution in [1.82, 2.24) is 0 Å². The van der Waals surface area contributed by atoms with Crippen LogP contribution in [-0.2, 0) is 16.0 Å². The fourth-order valence-corrected chi connectivity index (χ4v) is 1.38. The van der Waals surface area contributed by atoms with Gasteiger partial charge in [0, 0.05) is 13.2 Å². The molecule has 0 bridgehead atoms. The lowest BCUT2D eigenvalue weighted by atomic mass is 10.1. The van der Waals surface area contributed by atoms with Crippen molar-refractivity contribution in [1.29, 1.82) is 0 Å². The number of carbonyl (C=O) groups excluding carboxylic acids is 1. The van der Waals surface area contributed by atoms with Gasteiger partial charge in [-0.25, -0.2) is 0 Å². The van der Waals surface area contributed by atoms with Crippen LogP contribution in [-0.4, -0.2) is 24.5 Å². The lowest BCUT2D eigenvalue weighted by molar-refractivity contribution is -0.383. The lowest BCUT2D eigenvalue weighted by Gasteiger charge is -2.07. The Morgan fingerprint density at radius 2 is 2.24 bits per heavy atom. The van der Waals surface area contributed by atoms with Crippen LogP contribution in [0.1, 0.15) is 12.5 Å². The molecule has 0 saturated heterocycles. The Bertz CT molecular complexity index is 431. The van der Waals surface area contributed by atoms with E-state index >= 15 is 0 Å². The molecule has 6 nitrogen and oxygen atoms in total. The van der Waals surface area contributed by atoms with E-state index in [4.69, 9.17) is 0 Å². The first-order chi connectivity index (χ1) is 8.08. The smallest absolute Gasteiger partial charge is 0.292 e. The van der Waals surface area contributed by atoms with Gasteiger partial charge in [0.15, 0.2) is 0 Å². The van der Waals surface area contributed by atoms with E-state index < -0.39 is 10.8 Å². The number of nitrogens with zero attached hydrogens (tertiary/aromatic N) is 1. The van der Waals surface area contributed by atoms with Crippen molar-refractivity contribution in [3.05, 3.63) is 33.9 Å². The maximum atomic E-state index is 11.3. The summed E-state index contributed by atoms with van der Waals surface area (Å²) in [6, 6.07) is 4.66. The monoisotopic (exact) mass is 238 g/mol. The third-order valence-electron chi connectivity index (χ3n) is 2.22. The Labute approximate surface area is 98.7 Å². The minimum absolute atomic E-state index is 0.119. The highest BCUT2D eigenvalue weighted by Gasteiger charge is 2.15. The van der Waals surface area contributed by atoms with Crippen molar-refractivity contribution in [2.24, 2.45) is 0 Å². The van der Waals surface area contributed by atoms with Gasteiger partial charge in [-0.05, 0) is 18.1 Å². The van der Waals surface area contributed by atoms with Crippen LogP contribution in [0.5, 0.6) is 0 Å². The molecular formula is C11H14N2O4. The molecule has 0 unspecified atom stereocenters. The van der Waals surface area contributed by atoms with Crippen LogP contribution in [0.3, 0.4) is 0 Å². The Morgan fingerprint density at radius 1 is 1.53 bits per heavy atom. The van der Waals surface area contributed by atoms with Crippen molar-refractivity contribution in [2.75, 3.05) is 19.0 Å². The van der Waals surface area contributed by atoms with Crippen molar-refractivity contribution in [3.8, 4) is 0 Å². The van der Waals surface area contributed by atoms with Crippen LogP contribution in [0, 0.1) is 10.1 Å². The molecule has 0 spiro atoms. The first kappa shape index (κ1) is 13.1. The molecule has 0 aliphatic carbocycles. The summed E-state index contributed by atoms with van der Waals surface area (Å²) in [4.78, 5) is 21.6. The number of carbonyl (C=O) groups is 1. The molecule has 0 aliphatic heterocycles. The van der Waals surface area contributed by atoms with E-state index in [1.165, 1.54) is 13.2 Å². The van der Waals surface area contributed by atoms with E-state index in [-0.39, 0.29) is 18.0 Å². The zero-order valence-electron chi connectivity index (χ0n) is 9.73. The molecule has 1 rings (SSSR count). The number of aryl methyl sites for hydroxylation is 1. The van der Waals surface area contributed by atoms with Gasteiger partial charge in [0.05, 0.1) is 4.92 Å². The Morgan fingerprint density at radius 3 is 2.76 bits per heavy atom. The number of ether oxygens (including phenoxy) is 1. The van der Waals surface area contributed by atoms with Crippen molar-refractivity contribution in [3.63, 3.8) is 0 Å². The van der Waals surface area contributed by atoms with Crippen LogP contribution in [0.15, 0.2) is 18.2 Å². The molecule has 1 aromatic rings. The number of nitrogens with one attached hydrogen (secondary N) is 1. The molecule has 0 aromatic heterocycles. The number of anilines is 1. The third kappa shape index (κ3) is 3.53. The molecule has 1 amide bonds. The van der Waals surface area contributed by atoms with E-state index in [2.05, 4.69) is 10.1 Å². The number of benzene rings is 1. The summed E-state index contributed by atoms with van der Waals surface area (Å²) >= 11 is 0. The quantitative estimate of drug-likeness (QED) is 0.625.